The molecule has 6 nitrogen and oxygen atoms in total. The second kappa shape index (κ2) is 8.98. The number of nitrogens with zero attached hydrogens (tertiary/aromatic N) is 1. The fourth-order valence-corrected chi connectivity index (χ4v) is 3.08. The van der Waals surface area contributed by atoms with Gasteiger partial charge in [0.15, 0.2) is 0 Å². The summed E-state index contributed by atoms with van der Waals surface area (Å²) in [4.78, 5) is 16.6. The number of halogens is 1. The van der Waals surface area contributed by atoms with E-state index in [2.05, 4.69) is 10.3 Å². The first kappa shape index (κ1) is 18.6. The first-order chi connectivity index (χ1) is 12.6. The van der Waals surface area contributed by atoms with Gasteiger partial charge in [0.25, 0.3) is 0 Å². The van der Waals surface area contributed by atoms with Gasteiger partial charge in [-0.1, -0.05) is 17.7 Å². The number of hydrogen-bond acceptors (Lipinski definition) is 5. The minimum Gasteiger partial charge on any atom is -0.486 e. The third-order valence-corrected chi connectivity index (χ3v) is 4.67. The zero-order chi connectivity index (χ0) is 18.4. The molecule has 138 valence electrons. The zero-order valence-electron chi connectivity index (χ0n) is 14.4. The van der Waals surface area contributed by atoms with Crippen molar-refractivity contribution < 1.29 is 14.3 Å². The Balaban J connectivity index is 1.57. The van der Waals surface area contributed by atoms with E-state index >= 15 is 0 Å². The topological polar surface area (TPSA) is 86.5 Å². The molecule has 1 amide bonds. The lowest BCUT2D eigenvalue weighted by Crippen LogP contribution is -2.44. The first-order valence-electron chi connectivity index (χ1n) is 8.60. The number of hydrogen-bond donors (Lipinski definition) is 2. The molecule has 1 saturated heterocycles. The third-order valence-electron chi connectivity index (χ3n) is 4.38. The van der Waals surface area contributed by atoms with Crippen molar-refractivity contribution in [2.24, 2.45) is 11.7 Å². The van der Waals surface area contributed by atoms with Gasteiger partial charge in [0.1, 0.15) is 12.4 Å². The van der Waals surface area contributed by atoms with Crippen LogP contribution in [0.5, 0.6) is 5.75 Å². The maximum absolute atomic E-state index is 12.4. The molecular weight excluding hydrogens is 354 g/mol. The summed E-state index contributed by atoms with van der Waals surface area (Å²) < 4.78 is 11.0. The van der Waals surface area contributed by atoms with Crippen molar-refractivity contribution in [3.63, 3.8) is 0 Å². The molecular formula is C19H22ClN3O3. The van der Waals surface area contributed by atoms with Crippen LogP contribution in [-0.4, -0.2) is 30.1 Å². The molecule has 1 atom stereocenters. The molecule has 1 fully saturated rings. The molecule has 0 radical (unpaired) electrons. The number of nitrogens with one attached hydrogen (secondary N) is 1. The lowest BCUT2D eigenvalue weighted by molar-refractivity contribution is -0.119. The quantitative estimate of drug-likeness (QED) is 0.810. The van der Waals surface area contributed by atoms with Crippen molar-refractivity contribution in [3.8, 4) is 5.75 Å². The van der Waals surface area contributed by atoms with E-state index in [0.29, 0.717) is 36.3 Å². The molecule has 3 rings (SSSR count). The van der Waals surface area contributed by atoms with Gasteiger partial charge in [-0.3, -0.25) is 9.78 Å². The molecule has 7 heteroatoms. The molecule has 1 aromatic carbocycles. The van der Waals surface area contributed by atoms with Crippen molar-refractivity contribution in [3.05, 3.63) is 53.3 Å². The Labute approximate surface area is 157 Å². The van der Waals surface area contributed by atoms with E-state index < -0.39 is 6.04 Å². The fraction of sp³-hybridized carbons (Fsp3) is 0.368. The Hall–Kier alpha value is -2.15. The van der Waals surface area contributed by atoms with E-state index in [1.807, 2.05) is 18.2 Å². The lowest BCUT2D eigenvalue weighted by Gasteiger charge is -2.26. The van der Waals surface area contributed by atoms with Gasteiger partial charge in [-0.05, 0) is 49.1 Å². The number of aromatic nitrogens is 1. The van der Waals surface area contributed by atoms with Crippen molar-refractivity contribution >= 4 is 23.2 Å². The van der Waals surface area contributed by atoms with E-state index in [1.54, 1.807) is 24.4 Å². The number of ether oxygens (including phenoxy) is 2. The van der Waals surface area contributed by atoms with Gasteiger partial charge < -0.3 is 20.5 Å². The minimum absolute atomic E-state index is 0.139. The monoisotopic (exact) mass is 375 g/mol. The van der Waals surface area contributed by atoms with Crippen LogP contribution >= 0.6 is 11.6 Å². The van der Waals surface area contributed by atoms with Gasteiger partial charge in [-0.2, -0.15) is 0 Å². The molecule has 0 saturated carbocycles. The second-order valence-electron chi connectivity index (χ2n) is 6.22. The summed E-state index contributed by atoms with van der Waals surface area (Å²) in [6, 6.07) is 10.2. The Morgan fingerprint density at radius 1 is 1.35 bits per heavy atom. The maximum atomic E-state index is 12.4. The van der Waals surface area contributed by atoms with Crippen molar-refractivity contribution in [2.75, 3.05) is 18.5 Å². The van der Waals surface area contributed by atoms with Crippen LogP contribution in [0.3, 0.4) is 0 Å². The van der Waals surface area contributed by atoms with E-state index in [4.69, 9.17) is 26.8 Å². The van der Waals surface area contributed by atoms with Gasteiger partial charge in [-0.25, -0.2) is 0 Å². The molecule has 1 aliphatic heterocycles. The van der Waals surface area contributed by atoms with Gasteiger partial charge in [-0.15, -0.1) is 0 Å². The Kier molecular flexibility index (Phi) is 6.44. The van der Waals surface area contributed by atoms with E-state index in [-0.39, 0.29) is 11.8 Å². The number of pyridine rings is 1. The van der Waals surface area contributed by atoms with Crippen LogP contribution in [0.2, 0.25) is 5.02 Å². The molecule has 0 bridgehead atoms. The number of carbonyl (C=O) groups is 1. The first-order valence-corrected chi connectivity index (χ1v) is 8.98. The average molecular weight is 376 g/mol. The Morgan fingerprint density at radius 2 is 2.15 bits per heavy atom. The highest BCUT2D eigenvalue weighted by molar-refractivity contribution is 6.32. The van der Waals surface area contributed by atoms with Crippen LogP contribution in [0.25, 0.3) is 0 Å². The van der Waals surface area contributed by atoms with Crippen molar-refractivity contribution in [1.29, 1.82) is 0 Å². The smallest absolute Gasteiger partial charge is 0.241 e. The summed E-state index contributed by atoms with van der Waals surface area (Å²) >= 11 is 6.26. The molecule has 1 aliphatic rings. The van der Waals surface area contributed by atoms with Crippen LogP contribution in [0.4, 0.5) is 5.69 Å². The number of carbonyl (C=O) groups excluding carboxylic acids is 1. The number of rotatable bonds is 6. The van der Waals surface area contributed by atoms with Crippen LogP contribution in [0.15, 0.2) is 42.6 Å². The summed E-state index contributed by atoms with van der Waals surface area (Å²) in [5, 5.41) is 3.24. The summed E-state index contributed by atoms with van der Waals surface area (Å²) in [6.45, 7) is 1.63. The second-order valence-corrected chi connectivity index (χ2v) is 6.63. The highest BCUT2D eigenvalue weighted by Crippen LogP contribution is 2.28. The molecule has 2 aromatic rings. The van der Waals surface area contributed by atoms with E-state index in [0.717, 1.165) is 18.5 Å². The van der Waals surface area contributed by atoms with E-state index in [1.165, 1.54) is 0 Å². The summed E-state index contributed by atoms with van der Waals surface area (Å²) in [6.07, 6.45) is 3.31. The van der Waals surface area contributed by atoms with Gasteiger partial charge in [0, 0.05) is 25.1 Å². The van der Waals surface area contributed by atoms with Crippen LogP contribution in [0.1, 0.15) is 18.5 Å². The predicted molar refractivity (Wildman–Crippen MR) is 100 cm³/mol. The number of amides is 1. The molecule has 0 spiro atoms. The molecule has 3 N–H and O–H groups in total. The van der Waals surface area contributed by atoms with Gasteiger partial charge in [0.2, 0.25) is 5.91 Å². The van der Waals surface area contributed by atoms with Crippen molar-refractivity contribution in [2.45, 2.75) is 25.5 Å². The lowest BCUT2D eigenvalue weighted by atomic mass is 9.92. The van der Waals surface area contributed by atoms with Gasteiger partial charge in [0.05, 0.1) is 16.8 Å². The zero-order valence-corrected chi connectivity index (χ0v) is 15.1. The predicted octanol–water partition coefficient (Wildman–Crippen LogP) is 3.01. The van der Waals surface area contributed by atoms with Gasteiger partial charge >= 0.3 is 0 Å². The summed E-state index contributed by atoms with van der Waals surface area (Å²) in [7, 11) is 0. The van der Waals surface area contributed by atoms with Crippen LogP contribution < -0.4 is 15.8 Å². The molecule has 2 heterocycles. The maximum Gasteiger partial charge on any atom is 0.241 e. The largest absolute Gasteiger partial charge is 0.486 e. The summed E-state index contributed by atoms with van der Waals surface area (Å²) in [5.41, 5.74) is 7.49. The molecule has 1 aromatic heterocycles. The third kappa shape index (κ3) is 4.94. The highest BCUT2D eigenvalue weighted by Gasteiger charge is 2.26. The van der Waals surface area contributed by atoms with Crippen LogP contribution in [0, 0.1) is 5.92 Å². The normalized spacial score (nSPS) is 16.1. The van der Waals surface area contributed by atoms with Crippen LogP contribution in [-0.2, 0) is 16.1 Å². The number of benzene rings is 1. The standard InChI is InChI=1S/C19H22ClN3O3/c20-16-11-14(23-19(24)18(21)13-6-9-25-10-7-13)4-5-17(16)26-12-15-3-1-2-8-22-15/h1-5,8,11,13,18H,6-7,9-10,12,21H2,(H,23,24). The highest BCUT2D eigenvalue weighted by atomic mass is 35.5. The summed E-state index contributed by atoms with van der Waals surface area (Å²) in [5.74, 6) is 0.458. The molecule has 1 unspecified atom stereocenters. The number of anilines is 1. The molecule has 0 aliphatic carbocycles. The number of nitrogens with two attached hydrogens (primary N) is 1. The van der Waals surface area contributed by atoms with Crippen molar-refractivity contribution in [1.82, 2.24) is 4.98 Å². The molecule has 26 heavy (non-hydrogen) atoms. The Bertz CT molecular complexity index is 736. The Morgan fingerprint density at radius 3 is 2.85 bits per heavy atom. The fourth-order valence-electron chi connectivity index (χ4n) is 2.85. The SMILES string of the molecule is NC(C(=O)Nc1ccc(OCc2ccccn2)c(Cl)c1)C1CCOCC1. The van der Waals surface area contributed by atoms with E-state index in [9.17, 15) is 4.79 Å². The minimum atomic E-state index is -0.558. The average Bonchev–Trinajstić information content (AvgIpc) is 2.68.